The Morgan fingerprint density at radius 1 is 1.25 bits per heavy atom. The molecule has 0 amide bonds. The standard InChI is InChI=1S/C14H10BrFN2OS/c1-7-8(2)20-14-12(7)13(17-6-18-14)19-9-3-4-10(15)11(16)5-9/h3-6H,1-2H3. The van der Waals surface area contributed by atoms with E-state index in [0.29, 0.717) is 16.1 Å². The number of fused-ring (bicyclic) bond motifs is 1. The van der Waals surface area contributed by atoms with Crippen LogP contribution >= 0.6 is 27.3 Å². The largest absolute Gasteiger partial charge is 0.438 e. The molecule has 1 aromatic carbocycles. The van der Waals surface area contributed by atoms with E-state index in [-0.39, 0.29) is 5.82 Å². The summed E-state index contributed by atoms with van der Waals surface area (Å²) in [5.41, 5.74) is 1.10. The van der Waals surface area contributed by atoms with Crippen molar-refractivity contribution < 1.29 is 9.13 Å². The molecule has 102 valence electrons. The second-order valence-corrected chi connectivity index (χ2v) is 6.38. The number of ether oxygens (including phenoxy) is 1. The Morgan fingerprint density at radius 2 is 2.05 bits per heavy atom. The lowest BCUT2D eigenvalue weighted by atomic mass is 10.2. The number of halogens is 2. The fourth-order valence-electron chi connectivity index (χ4n) is 1.88. The molecule has 0 unspecified atom stereocenters. The van der Waals surface area contributed by atoms with Crippen LogP contribution in [0.2, 0.25) is 0 Å². The summed E-state index contributed by atoms with van der Waals surface area (Å²) in [6, 6.07) is 4.62. The van der Waals surface area contributed by atoms with Crippen molar-refractivity contribution in [3.05, 3.63) is 45.3 Å². The van der Waals surface area contributed by atoms with E-state index in [1.54, 1.807) is 23.5 Å². The topological polar surface area (TPSA) is 35.0 Å². The molecule has 0 fully saturated rings. The van der Waals surface area contributed by atoms with E-state index >= 15 is 0 Å². The van der Waals surface area contributed by atoms with Gasteiger partial charge in [0.25, 0.3) is 0 Å². The molecule has 0 aliphatic carbocycles. The monoisotopic (exact) mass is 352 g/mol. The molecule has 2 aromatic heterocycles. The first-order chi connectivity index (χ1) is 9.56. The van der Waals surface area contributed by atoms with Gasteiger partial charge in [-0.05, 0) is 47.5 Å². The average molecular weight is 353 g/mol. The zero-order valence-corrected chi connectivity index (χ0v) is 13.2. The third-order valence-corrected chi connectivity index (χ3v) is 4.79. The molecule has 0 aliphatic heterocycles. The molecule has 0 N–H and O–H groups in total. The number of benzene rings is 1. The number of hydrogen-bond acceptors (Lipinski definition) is 4. The van der Waals surface area contributed by atoms with E-state index in [2.05, 4.69) is 25.9 Å². The lowest BCUT2D eigenvalue weighted by Crippen LogP contribution is -1.91. The van der Waals surface area contributed by atoms with Gasteiger partial charge < -0.3 is 4.74 Å². The number of nitrogens with zero attached hydrogens (tertiary/aromatic N) is 2. The summed E-state index contributed by atoms with van der Waals surface area (Å²) in [6.45, 7) is 4.04. The highest BCUT2D eigenvalue weighted by Crippen LogP contribution is 2.36. The molecule has 2 heterocycles. The van der Waals surface area contributed by atoms with E-state index < -0.39 is 0 Å². The molecule has 3 aromatic rings. The molecule has 0 saturated carbocycles. The van der Waals surface area contributed by atoms with Crippen molar-refractivity contribution in [3.8, 4) is 11.6 Å². The lowest BCUT2D eigenvalue weighted by molar-refractivity contribution is 0.462. The summed E-state index contributed by atoms with van der Waals surface area (Å²) in [7, 11) is 0. The Labute approximate surface area is 127 Å². The molecule has 20 heavy (non-hydrogen) atoms. The Kier molecular flexibility index (Phi) is 3.43. The van der Waals surface area contributed by atoms with Gasteiger partial charge in [0.2, 0.25) is 5.88 Å². The van der Waals surface area contributed by atoms with Crippen molar-refractivity contribution in [3.63, 3.8) is 0 Å². The van der Waals surface area contributed by atoms with Crippen LogP contribution in [0.4, 0.5) is 4.39 Å². The van der Waals surface area contributed by atoms with Crippen LogP contribution in [0.3, 0.4) is 0 Å². The molecule has 0 radical (unpaired) electrons. The predicted molar refractivity (Wildman–Crippen MR) is 81.1 cm³/mol. The first-order valence-electron chi connectivity index (χ1n) is 5.90. The maximum absolute atomic E-state index is 13.5. The third kappa shape index (κ3) is 2.29. The van der Waals surface area contributed by atoms with Gasteiger partial charge in [-0.3, -0.25) is 0 Å². The quantitative estimate of drug-likeness (QED) is 0.650. The molecule has 0 aliphatic rings. The van der Waals surface area contributed by atoms with Crippen LogP contribution < -0.4 is 4.74 Å². The van der Waals surface area contributed by atoms with E-state index in [4.69, 9.17) is 4.74 Å². The second-order valence-electron chi connectivity index (χ2n) is 4.32. The summed E-state index contributed by atoms with van der Waals surface area (Å²) in [5.74, 6) is 0.499. The zero-order valence-electron chi connectivity index (χ0n) is 10.8. The normalized spacial score (nSPS) is 11.0. The molecule has 6 heteroatoms. The van der Waals surface area contributed by atoms with E-state index in [1.165, 1.54) is 17.3 Å². The minimum atomic E-state index is -0.369. The molecular formula is C14H10BrFN2OS. The van der Waals surface area contributed by atoms with Crippen LogP contribution in [0.25, 0.3) is 10.2 Å². The van der Waals surface area contributed by atoms with Crippen molar-refractivity contribution in [2.75, 3.05) is 0 Å². The predicted octanol–water partition coefficient (Wildman–Crippen LogP) is 5.00. The van der Waals surface area contributed by atoms with Crippen LogP contribution in [0.5, 0.6) is 11.6 Å². The lowest BCUT2D eigenvalue weighted by Gasteiger charge is -2.06. The van der Waals surface area contributed by atoms with E-state index in [1.807, 2.05) is 13.8 Å². The van der Waals surface area contributed by atoms with Crippen molar-refractivity contribution in [2.45, 2.75) is 13.8 Å². The highest BCUT2D eigenvalue weighted by atomic mass is 79.9. The zero-order chi connectivity index (χ0) is 14.3. The van der Waals surface area contributed by atoms with Crippen molar-refractivity contribution in [1.29, 1.82) is 0 Å². The molecule has 0 bridgehead atoms. The van der Waals surface area contributed by atoms with Crippen LogP contribution in [-0.2, 0) is 0 Å². The second kappa shape index (κ2) is 5.10. The third-order valence-electron chi connectivity index (χ3n) is 3.04. The van der Waals surface area contributed by atoms with Gasteiger partial charge in [-0.15, -0.1) is 11.3 Å². The van der Waals surface area contributed by atoms with Gasteiger partial charge in [-0.25, -0.2) is 14.4 Å². The summed E-state index contributed by atoms with van der Waals surface area (Å²) < 4.78 is 19.6. The number of aryl methyl sites for hydroxylation is 2. The highest BCUT2D eigenvalue weighted by molar-refractivity contribution is 9.10. The van der Waals surface area contributed by atoms with Crippen LogP contribution in [0.15, 0.2) is 29.0 Å². The highest BCUT2D eigenvalue weighted by Gasteiger charge is 2.14. The van der Waals surface area contributed by atoms with E-state index in [9.17, 15) is 4.39 Å². The molecule has 0 spiro atoms. The average Bonchev–Trinajstić information content (AvgIpc) is 2.71. The van der Waals surface area contributed by atoms with Crippen molar-refractivity contribution in [1.82, 2.24) is 9.97 Å². The summed E-state index contributed by atoms with van der Waals surface area (Å²) in [4.78, 5) is 10.5. The van der Waals surface area contributed by atoms with Gasteiger partial charge in [-0.2, -0.15) is 0 Å². The van der Waals surface area contributed by atoms with Crippen molar-refractivity contribution >= 4 is 37.5 Å². The van der Waals surface area contributed by atoms with Gasteiger partial charge in [0.15, 0.2) is 0 Å². The Bertz CT molecular complexity index is 803. The molecular weight excluding hydrogens is 343 g/mol. The van der Waals surface area contributed by atoms with Gasteiger partial charge in [0, 0.05) is 10.9 Å². The minimum absolute atomic E-state index is 0.369. The van der Waals surface area contributed by atoms with Crippen LogP contribution in [0.1, 0.15) is 10.4 Å². The first-order valence-corrected chi connectivity index (χ1v) is 7.51. The smallest absolute Gasteiger partial charge is 0.231 e. The van der Waals surface area contributed by atoms with Crippen molar-refractivity contribution in [2.24, 2.45) is 0 Å². The van der Waals surface area contributed by atoms with Gasteiger partial charge in [0.05, 0.1) is 9.86 Å². The Hall–Kier alpha value is -1.53. The summed E-state index contributed by atoms with van der Waals surface area (Å²) in [6.07, 6.45) is 1.46. The Morgan fingerprint density at radius 3 is 2.80 bits per heavy atom. The number of thiophene rings is 1. The number of hydrogen-bond donors (Lipinski definition) is 0. The first kappa shape index (κ1) is 13.5. The molecule has 3 nitrogen and oxygen atoms in total. The maximum atomic E-state index is 13.5. The fourth-order valence-corrected chi connectivity index (χ4v) is 3.11. The van der Waals surface area contributed by atoms with Crippen LogP contribution in [-0.4, -0.2) is 9.97 Å². The molecule has 0 atom stereocenters. The fraction of sp³-hybridized carbons (Fsp3) is 0.143. The summed E-state index contributed by atoms with van der Waals surface area (Å²) >= 11 is 4.71. The molecule has 3 rings (SSSR count). The minimum Gasteiger partial charge on any atom is -0.438 e. The molecule has 0 saturated heterocycles. The maximum Gasteiger partial charge on any atom is 0.231 e. The van der Waals surface area contributed by atoms with E-state index in [0.717, 1.165) is 15.8 Å². The summed E-state index contributed by atoms with van der Waals surface area (Å²) in [5, 5.41) is 0.887. The number of aromatic nitrogens is 2. The number of rotatable bonds is 2. The van der Waals surface area contributed by atoms with Gasteiger partial charge in [-0.1, -0.05) is 0 Å². The van der Waals surface area contributed by atoms with Crippen LogP contribution in [0, 0.1) is 19.7 Å². The Balaban J connectivity index is 2.08. The van der Waals surface area contributed by atoms with Gasteiger partial charge in [0.1, 0.15) is 22.7 Å². The SMILES string of the molecule is Cc1sc2ncnc(Oc3ccc(Br)c(F)c3)c2c1C. The van der Waals surface area contributed by atoms with Gasteiger partial charge >= 0.3 is 0 Å².